The van der Waals surface area contributed by atoms with Gasteiger partial charge in [0.2, 0.25) is 10.3 Å². The quantitative estimate of drug-likeness (QED) is 0.761. The average Bonchev–Trinajstić information content (AvgIpc) is 2.96. The zero-order valence-electron chi connectivity index (χ0n) is 14.9. The lowest BCUT2D eigenvalue weighted by molar-refractivity contribution is 0.262. The molecule has 0 fully saturated rings. The summed E-state index contributed by atoms with van der Waals surface area (Å²) in [6, 6.07) is 5.44. The van der Waals surface area contributed by atoms with Gasteiger partial charge in [-0.25, -0.2) is 9.18 Å². The smallest absolute Gasteiger partial charge is 0.325 e. The predicted molar refractivity (Wildman–Crippen MR) is 101 cm³/mol. The van der Waals surface area contributed by atoms with Gasteiger partial charge in [0.1, 0.15) is 5.82 Å². The normalized spacial score (nSPS) is 11.0. The lowest BCUT2D eigenvalue weighted by atomic mass is 10.1. The van der Waals surface area contributed by atoms with Gasteiger partial charge < -0.3 is 10.2 Å². The standard InChI is InChI=1S/C17H24FN5OS/c1-11(2)9-23(10-12(3)4)17-22-21-16(25-17)20-15(24)19-14-8-6-5-7-13(14)18/h5-8,11-12H,9-10H2,1-4H3,(H2,19,20,21,24). The number of anilines is 3. The Labute approximate surface area is 151 Å². The van der Waals surface area contributed by atoms with Crippen molar-refractivity contribution in [3.8, 4) is 0 Å². The lowest BCUT2D eigenvalue weighted by Crippen LogP contribution is -2.31. The molecule has 0 saturated heterocycles. The Morgan fingerprint density at radius 2 is 1.76 bits per heavy atom. The van der Waals surface area contributed by atoms with Gasteiger partial charge in [-0.15, -0.1) is 10.2 Å². The molecule has 0 aliphatic rings. The predicted octanol–water partition coefficient (Wildman–Crippen LogP) is 4.44. The van der Waals surface area contributed by atoms with Crippen LogP contribution in [0.5, 0.6) is 0 Å². The largest absolute Gasteiger partial charge is 0.346 e. The van der Waals surface area contributed by atoms with E-state index in [0.29, 0.717) is 17.0 Å². The molecule has 0 saturated carbocycles. The Morgan fingerprint density at radius 1 is 1.12 bits per heavy atom. The number of carbonyl (C=O) groups is 1. The van der Waals surface area contributed by atoms with Gasteiger partial charge in [0.15, 0.2) is 0 Å². The minimum Gasteiger partial charge on any atom is -0.346 e. The van der Waals surface area contributed by atoms with Gasteiger partial charge >= 0.3 is 6.03 Å². The molecule has 0 aliphatic carbocycles. The molecular weight excluding hydrogens is 341 g/mol. The van der Waals surface area contributed by atoms with Crippen LogP contribution < -0.4 is 15.5 Å². The molecule has 6 nitrogen and oxygen atoms in total. The van der Waals surface area contributed by atoms with Gasteiger partial charge in [-0.2, -0.15) is 0 Å². The molecule has 0 unspecified atom stereocenters. The molecule has 1 heterocycles. The summed E-state index contributed by atoms with van der Waals surface area (Å²) >= 11 is 1.31. The van der Waals surface area contributed by atoms with Crippen LogP contribution in [-0.4, -0.2) is 29.3 Å². The Kier molecular flexibility index (Phi) is 6.69. The van der Waals surface area contributed by atoms with Crippen molar-refractivity contribution in [1.82, 2.24) is 10.2 Å². The second-order valence-corrected chi connectivity index (χ2v) is 7.60. The van der Waals surface area contributed by atoms with Crippen LogP contribution in [0.1, 0.15) is 27.7 Å². The van der Waals surface area contributed by atoms with Crippen LogP contribution in [0.25, 0.3) is 0 Å². The molecule has 2 aromatic rings. The molecule has 25 heavy (non-hydrogen) atoms. The van der Waals surface area contributed by atoms with Crippen molar-refractivity contribution >= 4 is 33.3 Å². The topological polar surface area (TPSA) is 70.2 Å². The molecule has 2 amide bonds. The minimum absolute atomic E-state index is 0.117. The first kappa shape index (κ1) is 19.1. The number of hydrogen-bond acceptors (Lipinski definition) is 5. The number of nitrogens with zero attached hydrogens (tertiary/aromatic N) is 3. The summed E-state index contributed by atoms with van der Waals surface area (Å²) in [5.41, 5.74) is 0.117. The third-order valence-corrected chi connectivity index (χ3v) is 4.10. The molecule has 0 bridgehead atoms. The number of hydrogen-bond donors (Lipinski definition) is 2. The van der Waals surface area contributed by atoms with Crippen molar-refractivity contribution < 1.29 is 9.18 Å². The Balaban J connectivity index is 2.01. The van der Waals surface area contributed by atoms with Crippen molar-refractivity contribution in [3.63, 3.8) is 0 Å². The van der Waals surface area contributed by atoms with Crippen molar-refractivity contribution in [2.24, 2.45) is 11.8 Å². The number of halogens is 1. The molecule has 0 spiro atoms. The van der Waals surface area contributed by atoms with Crippen molar-refractivity contribution in [2.45, 2.75) is 27.7 Å². The van der Waals surface area contributed by atoms with Gasteiger partial charge in [0.25, 0.3) is 0 Å². The summed E-state index contributed by atoms with van der Waals surface area (Å²) in [5.74, 6) is 0.488. The van der Waals surface area contributed by atoms with Gasteiger partial charge in [0.05, 0.1) is 5.69 Å². The van der Waals surface area contributed by atoms with E-state index >= 15 is 0 Å². The van der Waals surface area contributed by atoms with Crippen LogP contribution >= 0.6 is 11.3 Å². The second kappa shape index (κ2) is 8.75. The number of para-hydroxylation sites is 1. The number of rotatable bonds is 7. The van der Waals surface area contributed by atoms with E-state index in [9.17, 15) is 9.18 Å². The van der Waals surface area contributed by atoms with E-state index in [4.69, 9.17) is 0 Å². The third kappa shape index (κ3) is 5.97. The van der Waals surface area contributed by atoms with Crippen molar-refractivity contribution in [3.05, 3.63) is 30.1 Å². The minimum atomic E-state index is -0.549. The fourth-order valence-electron chi connectivity index (χ4n) is 2.32. The zero-order chi connectivity index (χ0) is 18.4. The summed E-state index contributed by atoms with van der Waals surface area (Å²) in [6.45, 7) is 10.3. The monoisotopic (exact) mass is 365 g/mol. The molecule has 0 aliphatic heterocycles. The van der Waals surface area contributed by atoms with E-state index in [1.807, 2.05) is 0 Å². The zero-order valence-corrected chi connectivity index (χ0v) is 15.7. The van der Waals surface area contributed by atoms with E-state index in [2.05, 4.69) is 53.4 Å². The Morgan fingerprint density at radius 3 is 2.36 bits per heavy atom. The summed E-state index contributed by atoms with van der Waals surface area (Å²) < 4.78 is 13.6. The summed E-state index contributed by atoms with van der Waals surface area (Å²) in [4.78, 5) is 14.2. The maximum atomic E-state index is 13.6. The molecule has 8 heteroatoms. The highest BCUT2D eigenvalue weighted by Crippen LogP contribution is 2.26. The number of nitrogens with one attached hydrogen (secondary N) is 2. The lowest BCUT2D eigenvalue weighted by Gasteiger charge is -2.25. The first-order valence-electron chi connectivity index (χ1n) is 8.26. The van der Waals surface area contributed by atoms with E-state index in [1.165, 1.54) is 23.5 Å². The van der Waals surface area contributed by atoms with Gasteiger partial charge in [-0.05, 0) is 24.0 Å². The van der Waals surface area contributed by atoms with E-state index in [0.717, 1.165) is 18.2 Å². The SMILES string of the molecule is CC(C)CN(CC(C)C)c1nnc(NC(=O)Nc2ccccc2F)s1. The summed E-state index contributed by atoms with van der Waals surface area (Å²) in [5, 5.41) is 14.4. The molecule has 0 radical (unpaired) electrons. The maximum absolute atomic E-state index is 13.6. The fourth-order valence-corrected chi connectivity index (χ4v) is 3.08. The highest BCUT2D eigenvalue weighted by atomic mass is 32.1. The first-order valence-corrected chi connectivity index (χ1v) is 9.07. The second-order valence-electron chi connectivity index (χ2n) is 6.64. The third-order valence-electron chi connectivity index (χ3n) is 3.20. The van der Waals surface area contributed by atoms with Crippen LogP contribution in [0.2, 0.25) is 0 Å². The van der Waals surface area contributed by atoms with Crippen molar-refractivity contribution in [1.29, 1.82) is 0 Å². The molecule has 2 rings (SSSR count). The van der Waals surface area contributed by atoms with Gasteiger partial charge in [-0.1, -0.05) is 51.2 Å². The van der Waals surface area contributed by atoms with Gasteiger partial charge in [-0.3, -0.25) is 5.32 Å². The van der Waals surface area contributed by atoms with Crippen LogP contribution in [0, 0.1) is 17.7 Å². The van der Waals surface area contributed by atoms with Crippen LogP contribution in [-0.2, 0) is 0 Å². The van der Waals surface area contributed by atoms with Crippen LogP contribution in [0.15, 0.2) is 24.3 Å². The van der Waals surface area contributed by atoms with Gasteiger partial charge in [0, 0.05) is 13.1 Å². The highest BCUT2D eigenvalue weighted by Gasteiger charge is 2.16. The summed E-state index contributed by atoms with van der Waals surface area (Å²) in [7, 11) is 0. The van der Waals surface area contributed by atoms with E-state index in [-0.39, 0.29) is 5.69 Å². The van der Waals surface area contributed by atoms with E-state index < -0.39 is 11.8 Å². The fraction of sp³-hybridized carbons (Fsp3) is 0.471. The number of aromatic nitrogens is 2. The Bertz CT molecular complexity index is 694. The molecule has 1 aromatic heterocycles. The van der Waals surface area contributed by atoms with Crippen LogP contribution in [0.4, 0.5) is 25.1 Å². The molecule has 0 atom stereocenters. The summed E-state index contributed by atoms with van der Waals surface area (Å²) in [6.07, 6.45) is 0. The number of carbonyl (C=O) groups excluding carboxylic acids is 1. The van der Waals surface area contributed by atoms with Crippen molar-refractivity contribution in [2.75, 3.05) is 28.6 Å². The van der Waals surface area contributed by atoms with Crippen LogP contribution in [0.3, 0.4) is 0 Å². The number of urea groups is 1. The molecule has 2 N–H and O–H groups in total. The average molecular weight is 365 g/mol. The molecule has 136 valence electrons. The first-order chi connectivity index (χ1) is 11.8. The number of amides is 2. The Hall–Kier alpha value is -2.22. The maximum Gasteiger partial charge on any atom is 0.325 e. The number of benzene rings is 1. The van der Waals surface area contributed by atoms with E-state index in [1.54, 1.807) is 12.1 Å². The molecule has 1 aromatic carbocycles. The molecular formula is C17H24FN5OS. The highest BCUT2D eigenvalue weighted by molar-refractivity contribution is 7.19.